The van der Waals surface area contributed by atoms with Crippen molar-refractivity contribution in [2.75, 3.05) is 0 Å². The van der Waals surface area contributed by atoms with Crippen molar-refractivity contribution in [2.45, 2.75) is 86.5 Å². The number of hydrogen-bond donors (Lipinski definition) is 0. The van der Waals surface area contributed by atoms with E-state index in [9.17, 15) is 0 Å². The number of unbranched alkanes of at least 4 members (excludes halogenated alkanes) is 1. The molecule has 0 saturated heterocycles. The van der Waals surface area contributed by atoms with Crippen LogP contribution >= 0.6 is 0 Å². The third-order valence-corrected chi connectivity index (χ3v) is 5.76. The normalized spacial score (nSPS) is 33.3. The first-order valence-corrected chi connectivity index (χ1v) is 8.42. The minimum absolute atomic E-state index is 0.565. The van der Waals surface area contributed by atoms with Crippen LogP contribution in [0.25, 0.3) is 0 Å². The van der Waals surface area contributed by atoms with Gasteiger partial charge in [-0.25, -0.2) is 0 Å². The van der Waals surface area contributed by atoms with Crippen molar-refractivity contribution in [1.29, 1.82) is 0 Å². The summed E-state index contributed by atoms with van der Waals surface area (Å²) in [6.07, 6.45) is 10.00. The smallest absolute Gasteiger partial charge is 0.0326 e. The van der Waals surface area contributed by atoms with Gasteiger partial charge in [0.25, 0.3) is 0 Å². The van der Waals surface area contributed by atoms with E-state index in [1.807, 2.05) is 0 Å². The maximum atomic E-state index is 2.52. The summed E-state index contributed by atoms with van der Waals surface area (Å²) in [5.41, 5.74) is 0.565. The fraction of sp³-hybridized carbons (Fsp3) is 1.00. The van der Waals surface area contributed by atoms with E-state index in [4.69, 9.17) is 0 Å². The molecule has 0 aromatic carbocycles. The first-order valence-electron chi connectivity index (χ1n) is 8.42. The van der Waals surface area contributed by atoms with Gasteiger partial charge in [0.1, 0.15) is 0 Å². The second-order valence-electron chi connectivity index (χ2n) is 7.66. The van der Waals surface area contributed by atoms with Gasteiger partial charge in [-0.15, -0.1) is 0 Å². The van der Waals surface area contributed by atoms with E-state index < -0.39 is 0 Å². The van der Waals surface area contributed by atoms with Gasteiger partial charge < -0.3 is 0 Å². The van der Waals surface area contributed by atoms with Gasteiger partial charge in [0, 0.05) is 0 Å². The second kappa shape index (κ2) is 6.96. The summed E-state index contributed by atoms with van der Waals surface area (Å²) < 4.78 is 0. The summed E-state index contributed by atoms with van der Waals surface area (Å²) in [5.74, 6) is 3.84. The summed E-state index contributed by atoms with van der Waals surface area (Å²) >= 11 is 0. The fourth-order valence-corrected chi connectivity index (χ4v) is 4.03. The Balaban J connectivity index is 2.69. The third kappa shape index (κ3) is 4.00. The van der Waals surface area contributed by atoms with Crippen LogP contribution < -0.4 is 0 Å². The zero-order valence-corrected chi connectivity index (χ0v) is 13.8. The van der Waals surface area contributed by atoms with Crippen LogP contribution in [0.4, 0.5) is 0 Å². The van der Waals surface area contributed by atoms with Crippen molar-refractivity contribution in [3.63, 3.8) is 0 Å². The van der Waals surface area contributed by atoms with Gasteiger partial charge in [-0.05, 0) is 41.9 Å². The minimum atomic E-state index is 0.565. The van der Waals surface area contributed by atoms with Crippen molar-refractivity contribution < 1.29 is 0 Å². The summed E-state index contributed by atoms with van der Waals surface area (Å²) in [6.45, 7) is 14.7. The number of rotatable bonds is 6. The van der Waals surface area contributed by atoms with Gasteiger partial charge in [-0.2, -0.15) is 0 Å². The second-order valence-corrected chi connectivity index (χ2v) is 7.66. The van der Waals surface area contributed by atoms with E-state index in [0.717, 1.165) is 23.7 Å². The van der Waals surface area contributed by atoms with Crippen LogP contribution in [0.2, 0.25) is 0 Å². The molecule has 0 aliphatic heterocycles. The molecular weight excluding hydrogens is 216 g/mol. The molecule has 1 aliphatic carbocycles. The van der Waals surface area contributed by atoms with Crippen LogP contribution in [-0.4, -0.2) is 0 Å². The lowest BCUT2D eigenvalue weighted by Gasteiger charge is -2.48. The Bertz CT molecular complexity index is 228. The third-order valence-electron chi connectivity index (χ3n) is 5.76. The molecule has 0 heteroatoms. The standard InChI is InChI=1S/C18H36/c1-7-9-11-14(3)17-13-18(5,6)15(4)12-16(17)10-8-2/h14-17H,7-13H2,1-6H3. The van der Waals surface area contributed by atoms with Gasteiger partial charge in [0.2, 0.25) is 0 Å². The van der Waals surface area contributed by atoms with Crippen LogP contribution in [0.15, 0.2) is 0 Å². The molecule has 0 amide bonds. The molecule has 4 atom stereocenters. The Morgan fingerprint density at radius 2 is 1.83 bits per heavy atom. The monoisotopic (exact) mass is 252 g/mol. The van der Waals surface area contributed by atoms with Crippen molar-refractivity contribution in [3.8, 4) is 0 Å². The summed E-state index contributed by atoms with van der Waals surface area (Å²) in [7, 11) is 0. The predicted molar refractivity (Wildman–Crippen MR) is 82.8 cm³/mol. The SMILES string of the molecule is CCCCC(C)C1CC(C)(C)C(C)CC1CCC. The van der Waals surface area contributed by atoms with Crippen molar-refractivity contribution in [1.82, 2.24) is 0 Å². The van der Waals surface area contributed by atoms with Gasteiger partial charge in [0.15, 0.2) is 0 Å². The van der Waals surface area contributed by atoms with Crippen molar-refractivity contribution in [3.05, 3.63) is 0 Å². The topological polar surface area (TPSA) is 0 Å². The Kier molecular flexibility index (Phi) is 6.21. The summed E-state index contributed by atoms with van der Waals surface area (Å²) in [6, 6.07) is 0. The molecule has 1 aliphatic rings. The van der Waals surface area contributed by atoms with Gasteiger partial charge in [-0.1, -0.05) is 73.6 Å². The zero-order valence-electron chi connectivity index (χ0n) is 13.8. The summed E-state index contributed by atoms with van der Waals surface area (Å²) in [4.78, 5) is 0. The molecule has 0 aromatic rings. The van der Waals surface area contributed by atoms with Crippen LogP contribution in [0.1, 0.15) is 86.5 Å². The summed E-state index contributed by atoms with van der Waals surface area (Å²) in [5, 5.41) is 0. The highest BCUT2D eigenvalue weighted by atomic mass is 14.5. The van der Waals surface area contributed by atoms with E-state index in [1.165, 1.54) is 44.9 Å². The highest BCUT2D eigenvalue weighted by Gasteiger charge is 2.40. The largest absolute Gasteiger partial charge is 0.0654 e. The van der Waals surface area contributed by atoms with E-state index in [0.29, 0.717) is 5.41 Å². The van der Waals surface area contributed by atoms with E-state index in [1.54, 1.807) is 0 Å². The first kappa shape index (κ1) is 16.1. The van der Waals surface area contributed by atoms with Crippen LogP contribution in [-0.2, 0) is 0 Å². The molecule has 0 nitrogen and oxygen atoms in total. The molecule has 1 fully saturated rings. The highest BCUT2D eigenvalue weighted by molar-refractivity contribution is 4.90. The minimum Gasteiger partial charge on any atom is -0.0654 e. The molecule has 0 spiro atoms. The molecular formula is C18H36. The first-order chi connectivity index (χ1) is 8.42. The Morgan fingerprint density at radius 1 is 1.17 bits per heavy atom. The zero-order chi connectivity index (χ0) is 13.8. The van der Waals surface area contributed by atoms with E-state index in [2.05, 4.69) is 41.5 Å². The van der Waals surface area contributed by atoms with Crippen molar-refractivity contribution >= 4 is 0 Å². The Labute approximate surface area is 116 Å². The maximum absolute atomic E-state index is 2.52. The molecule has 0 bridgehead atoms. The molecule has 1 saturated carbocycles. The van der Waals surface area contributed by atoms with Crippen LogP contribution in [0.5, 0.6) is 0 Å². The molecule has 0 aromatic heterocycles. The maximum Gasteiger partial charge on any atom is -0.0326 e. The van der Waals surface area contributed by atoms with E-state index >= 15 is 0 Å². The molecule has 4 unspecified atom stereocenters. The Morgan fingerprint density at radius 3 is 2.39 bits per heavy atom. The quantitative estimate of drug-likeness (QED) is 0.520. The molecule has 0 N–H and O–H groups in total. The fourth-order valence-electron chi connectivity index (χ4n) is 4.03. The molecule has 0 radical (unpaired) electrons. The molecule has 1 rings (SSSR count). The lowest BCUT2D eigenvalue weighted by atomic mass is 9.58. The number of hydrogen-bond acceptors (Lipinski definition) is 0. The average Bonchev–Trinajstić information content (AvgIpc) is 2.31. The Hall–Kier alpha value is 0. The lowest BCUT2D eigenvalue weighted by molar-refractivity contribution is 0.0232. The average molecular weight is 252 g/mol. The van der Waals surface area contributed by atoms with Crippen LogP contribution in [0.3, 0.4) is 0 Å². The van der Waals surface area contributed by atoms with Crippen molar-refractivity contribution in [2.24, 2.45) is 29.1 Å². The van der Waals surface area contributed by atoms with Crippen LogP contribution in [0, 0.1) is 29.1 Å². The molecule has 0 heterocycles. The van der Waals surface area contributed by atoms with Gasteiger partial charge >= 0.3 is 0 Å². The predicted octanol–water partition coefficient (Wildman–Crippen LogP) is 6.30. The van der Waals surface area contributed by atoms with E-state index in [-0.39, 0.29) is 0 Å². The lowest BCUT2D eigenvalue weighted by Crippen LogP contribution is -2.38. The molecule has 108 valence electrons. The highest BCUT2D eigenvalue weighted by Crippen LogP contribution is 2.50. The van der Waals surface area contributed by atoms with Gasteiger partial charge in [0.05, 0.1) is 0 Å². The molecule has 18 heavy (non-hydrogen) atoms. The van der Waals surface area contributed by atoms with Gasteiger partial charge in [-0.3, -0.25) is 0 Å².